The Morgan fingerprint density at radius 2 is 1.73 bits per heavy atom. The largest absolute Gasteiger partial charge is 0.325 e. The molecule has 168 valence electrons. The van der Waals surface area contributed by atoms with Gasteiger partial charge in [-0.2, -0.15) is 0 Å². The number of benzene rings is 3. The first-order valence-electron chi connectivity index (χ1n) is 10.4. The number of hydrogen-bond donors (Lipinski definition) is 1. The van der Waals surface area contributed by atoms with Gasteiger partial charge in [-0.15, -0.1) is 22.0 Å². The molecule has 0 aliphatic heterocycles. The van der Waals surface area contributed by atoms with Crippen molar-refractivity contribution in [1.82, 2.24) is 14.8 Å². The number of rotatable bonds is 8. The molecule has 1 N–H and O–H groups in total. The third-order valence-electron chi connectivity index (χ3n) is 4.91. The summed E-state index contributed by atoms with van der Waals surface area (Å²) in [5.74, 6) is 1.59. The van der Waals surface area contributed by atoms with Gasteiger partial charge in [-0.1, -0.05) is 65.3 Å². The molecule has 3 aromatic carbocycles. The number of carbonyl (C=O) groups excluding carboxylic acids is 1. The van der Waals surface area contributed by atoms with Crippen molar-refractivity contribution >= 4 is 46.7 Å². The van der Waals surface area contributed by atoms with Gasteiger partial charge in [0, 0.05) is 21.3 Å². The second-order valence-corrected chi connectivity index (χ2v) is 9.90. The summed E-state index contributed by atoms with van der Waals surface area (Å²) in [7, 11) is 0. The van der Waals surface area contributed by atoms with Crippen LogP contribution in [0.4, 0.5) is 5.69 Å². The smallest absolute Gasteiger partial charge is 0.234 e. The Kier molecular flexibility index (Phi) is 7.75. The first-order chi connectivity index (χ1) is 16.0. The normalized spacial score (nSPS) is 10.9. The van der Waals surface area contributed by atoms with E-state index in [4.69, 9.17) is 11.6 Å². The number of amides is 1. The lowest BCUT2D eigenvalue weighted by atomic mass is 10.2. The number of nitrogens with one attached hydrogen (secondary N) is 1. The van der Waals surface area contributed by atoms with Crippen molar-refractivity contribution in [3.05, 3.63) is 94.8 Å². The van der Waals surface area contributed by atoms with Crippen LogP contribution in [0.15, 0.2) is 82.8 Å². The van der Waals surface area contributed by atoms with E-state index in [2.05, 4.69) is 46.7 Å². The van der Waals surface area contributed by atoms with Crippen molar-refractivity contribution in [1.29, 1.82) is 0 Å². The standard InChI is InChI=1S/C25H23ClN4OS2/c1-17-8-12-21(13-9-17)32-15-23-28-29-25(30(23)20-6-4-3-5-7-20)33-16-24(31)27-22-14-19(26)11-10-18(22)2/h3-14H,15-16H2,1-2H3,(H,27,31). The maximum atomic E-state index is 12.6. The van der Waals surface area contributed by atoms with E-state index in [1.165, 1.54) is 22.2 Å². The van der Waals surface area contributed by atoms with Crippen molar-refractivity contribution in [2.24, 2.45) is 0 Å². The van der Waals surface area contributed by atoms with Gasteiger partial charge in [0.25, 0.3) is 0 Å². The third-order valence-corrected chi connectivity index (χ3v) is 7.08. The van der Waals surface area contributed by atoms with Gasteiger partial charge < -0.3 is 5.32 Å². The van der Waals surface area contributed by atoms with Gasteiger partial charge in [-0.05, 0) is 55.8 Å². The number of anilines is 1. The third kappa shape index (κ3) is 6.19. The van der Waals surface area contributed by atoms with Gasteiger partial charge in [-0.25, -0.2) is 0 Å². The lowest BCUT2D eigenvalue weighted by Gasteiger charge is -2.11. The summed E-state index contributed by atoms with van der Waals surface area (Å²) in [5.41, 5.74) is 3.88. The minimum atomic E-state index is -0.122. The van der Waals surface area contributed by atoms with Crippen LogP contribution < -0.4 is 5.32 Å². The highest BCUT2D eigenvalue weighted by molar-refractivity contribution is 7.99. The Balaban J connectivity index is 1.49. The summed E-state index contributed by atoms with van der Waals surface area (Å²) in [6, 6.07) is 23.8. The molecule has 1 heterocycles. The summed E-state index contributed by atoms with van der Waals surface area (Å²) < 4.78 is 2.02. The summed E-state index contributed by atoms with van der Waals surface area (Å²) in [4.78, 5) is 13.8. The van der Waals surface area contributed by atoms with Crippen LogP contribution in [0.5, 0.6) is 0 Å². The highest BCUT2D eigenvalue weighted by atomic mass is 35.5. The van der Waals surface area contributed by atoms with Gasteiger partial charge >= 0.3 is 0 Å². The number of carbonyl (C=O) groups is 1. The quantitative estimate of drug-likeness (QED) is 0.281. The Hall–Kier alpha value is -2.74. The molecule has 8 heteroatoms. The van der Waals surface area contributed by atoms with Crippen LogP contribution in [0.25, 0.3) is 5.69 Å². The lowest BCUT2D eigenvalue weighted by Crippen LogP contribution is -2.15. The predicted molar refractivity (Wildman–Crippen MR) is 138 cm³/mol. The molecular formula is C25H23ClN4OS2. The molecule has 0 atom stereocenters. The molecule has 0 aliphatic carbocycles. The van der Waals surface area contributed by atoms with Gasteiger partial charge in [0.05, 0.1) is 11.5 Å². The summed E-state index contributed by atoms with van der Waals surface area (Å²) in [5, 5.41) is 13.0. The maximum absolute atomic E-state index is 12.6. The van der Waals surface area contributed by atoms with Crippen LogP contribution in [0.2, 0.25) is 5.02 Å². The van der Waals surface area contributed by atoms with E-state index in [0.717, 1.165) is 17.1 Å². The fourth-order valence-corrected chi connectivity index (χ4v) is 4.91. The number of aromatic nitrogens is 3. The number of hydrogen-bond acceptors (Lipinski definition) is 5. The molecule has 33 heavy (non-hydrogen) atoms. The summed E-state index contributed by atoms with van der Waals surface area (Å²) >= 11 is 9.13. The monoisotopic (exact) mass is 494 g/mol. The molecule has 4 aromatic rings. The van der Waals surface area contributed by atoms with Gasteiger partial charge in [0.1, 0.15) is 5.82 Å². The average molecular weight is 495 g/mol. The number of thioether (sulfide) groups is 2. The van der Waals surface area contributed by atoms with Gasteiger partial charge in [-0.3, -0.25) is 9.36 Å². The molecular weight excluding hydrogens is 472 g/mol. The van der Waals surface area contributed by atoms with Gasteiger partial charge in [0.2, 0.25) is 5.91 Å². The second kappa shape index (κ2) is 10.9. The van der Waals surface area contributed by atoms with Crippen LogP contribution >= 0.6 is 35.1 Å². The van der Waals surface area contributed by atoms with Crippen molar-refractivity contribution in [2.75, 3.05) is 11.1 Å². The first kappa shape index (κ1) is 23.4. The Morgan fingerprint density at radius 1 is 0.970 bits per heavy atom. The minimum absolute atomic E-state index is 0.122. The molecule has 0 unspecified atom stereocenters. The minimum Gasteiger partial charge on any atom is -0.325 e. The molecule has 0 aliphatic rings. The van der Waals surface area contributed by atoms with E-state index in [1.54, 1.807) is 23.9 Å². The zero-order chi connectivity index (χ0) is 23.2. The van der Waals surface area contributed by atoms with Crippen LogP contribution in [-0.4, -0.2) is 26.4 Å². The Morgan fingerprint density at radius 3 is 2.48 bits per heavy atom. The van der Waals surface area contributed by atoms with E-state index in [1.807, 2.05) is 47.9 Å². The molecule has 0 radical (unpaired) electrons. The molecule has 1 aromatic heterocycles. The van der Waals surface area contributed by atoms with E-state index in [-0.39, 0.29) is 11.7 Å². The number of aryl methyl sites for hydroxylation is 2. The van der Waals surface area contributed by atoms with Crippen LogP contribution in [0.3, 0.4) is 0 Å². The van der Waals surface area contributed by atoms with Crippen molar-refractivity contribution < 1.29 is 4.79 Å². The van der Waals surface area contributed by atoms with Crippen LogP contribution in [-0.2, 0) is 10.5 Å². The predicted octanol–water partition coefficient (Wildman–Crippen LogP) is 6.56. The number of para-hydroxylation sites is 1. The highest BCUT2D eigenvalue weighted by Gasteiger charge is 2.16. The topological polar surface area (TPSA) is 59.8 Å². The molecule has 5 nitrogen and oxygen atoms in total. The lowest BCUT2D eigenvalue weighted by molar-refractivity contribution is -0.113. The molecule has 1 amide bonds. The van der Waals surface area contributed by atoms with Crippen molar-refractivity contribution in [2.45, 2.75) is 29.7 Å². The number of nitrogens with zero attached hydrogens (tertiary/aromatic N) is 3. The molecule has 0 spiro atoms. The van der Waals surface area contributed by atoms with E-state index in [9.17, 15) is 4.79 Å². The molecule has 4 rings (SSSR count). The van der Waals surface area contributed by atoms with Crippen molar-refractivity contribution in [3.8, 4) is 5.69 Å². The second-order valence-electron chi connectivity index (χ2n) is 7.47. The van der Waals surface area contributed by atoms with Gasteiger partial charge in [0.15, 0.2) is 5.16 Å². The molecule has 0 saturated carbocycles. The Labute approximate surface area is 207 Å². The van der Waals surface area contributed by atoms with Crippen LogP contribution in [0, 0.1) is 13.8 Å². The number of halogens is 1. The average Bonchev–Trinajstić information content (AvgIpc) is 3.23. The molecule has 0 saturated heterocycles. The van der Waals surface area contributed by atoms with E-state index >= 15 is 0 Å². The fraction of sp³-hybridized carbons (Fsp3) is 0.160. The van der Waals surface area contributed by atoms with E-state index in [0.29, 0.717) is 21.6 Å². The fourth-order valence-electron chi connectivity index (χ4n) is 3.15. The Bertz CT molecular complexity index is 1240. The zero-order valence-corrected chi connectivity index (χ0v) is 20.7. The summed E-state index contributed by atoms with van der Waals surface area (Å²) in [6.45, 7) is 4.01. The van der Waals surface area contributed by atoms with Crippen LogP contribution in [0.1, 0.15) is 17.0 Å². The van der Waals surface area contributed by atoms with E-state index < -0.39 is 0 Å². The highest BCUT2D eigenvalue weighted by Crippen LogP contribution is 2.28. The van der Waals surface area contributed by atoms with Crippen molar-refractivity contribution in [3.63, 3.8) is 0 Å². The zero-order valence-electron chi connectivity index (χ0n) is 18.3. The SMILES string of the molecule is Cc1ccc(SCc2nnc(SCC(=O)Nc3cc(Cl)ccc3C)n2-c2ccccc2)cc1. The molecule has 0 fully saturated rings. The first-order valence-corrected chi connectivity index (χ1v) is 12.7. The summed E-state index contributed by atoms with van der Waals surface area (Å²) in [6.07, 6.45) is 0. The maximum Gasteiger partial charge on any atom is 0.234 e. The molecule has 0 bridgehead atoms.